The van der Waals surface area contributed by atoms with Crippen LogP contribution in [0.25, 0.3) is 0 Å². The van der Waals surface area contributed by atoms with Gasteiger partial charge in [-0.3, -0.25) is 19.2 Å². The van der Waals surface area contributed by atoms with E-state index in [9.17, 15) is 24.3 Å². The molecule has 1 spiro atoms. The largest absolute Gasteiger partial charge is 0.460 e. The van der Waals surface area contributed by atoms with E-state index in [0.717, 1.165) is 32.1 Å². The average molecular weight is 558 g/mol. The number of fused-ring (bicyclic) bond motifs is 2. The van der Waals surface area contributed by atoms with Crippen LogP contribution in [0.2, 0.25) is 0 Å². The fourth-order valence-corrected chi connectivity index (χ4v) is 7.29. The third kappa shape index (κ3) is 4.98. The number of hydrogen-bond acceptors (Lipinski definition) is 7. The van der Waals surface area contributed by atoms with Crippen molar-refractivity contribution < 1.29 is 33.8 Å². The van der Waals surface area contributed by atoms with Gasteiger partial charge >= 0.3 is 5.97 Å². The smallest absolute Gasteiger partial charge is 0.313 e. The van der Waals surface area contributed by atoms with E-state index in [-0.39, 0.29) is 42.8 Å². The van der Waals surface area contributed by atoms with E-state index in [1.54, 1.807) is 19.1 Å². The predicted molar refractivity (Wildman–Crippen MR) is 146 cm³/mol. The second kappa shape index (κ2) is 11.6. The first-order valence-electron chi connectivity index (χ1n) is 14.9. The van der Waals surface area contributed by atoms with E-state index >= 15 is 0 Å². The second-order valence-electron chi connectivity index (χ2n) is 12.3. The van der Waals surface area contributed by atoms with Crippen LogP contribution in [0.1, 0.15) is 65.7 Å². The second-order valence-corrected chi connectivity index (χ2v) is 12.3. The molecule has 0 aromatic heterocycles. The molecule has 4 heterocycles. The summed E-state index contributed by atoms with van der Waals surface area (Å²) in [6, 6.07) is -1.60. The van der Waals surface area contributed by atoms with Crippen molar-refractivity contribution in [2.24, 2.45) is 17.8 Å². The van der Waals surface area contributed by atoms with Gasteiger partial charge < -0.3 is 29.7 Å². The number of likely N-dealkylation sites (tertiary alicyclic amines) is 1. The summed E-state index contributed by atoms with van der Waals surface area (Å²) < 4.78 is 12.2. The molecule has 0 unspecified atom stereocenters. The maximum atomic E-state index is 14.7. The molecule has 3 amide bonds. The zero-order valence-electron chi connectivity index (χ0n) is 23.8. The first-order chi connectivity index (χ1) is 19.2. The average Bonchev–Trinajstić information content (AvgIpc) is 3.57. The van der Waals surface area contributed by atoms with Crippen molar-refractivity contribution >= 4 is 23.7 Å². The molecular formula is C30H43N3O7. The van der Waals surface area contributed by atoms with E-state index in [4.69, 9.17) is 9.47 Å². The van der Waals surface area contributed by atoms with Gasteiger partial charge in [0.1, 0.15) is 23.7 Å². The summed E-state index contributed by atoms with van der Waals surface area (Å²) in [6.45, 7) is 5.73. The molecule has 0 aromatic carbocycles. The van der Waals surface area contributed by atoms with E-state index in [1.165, 1.54) is 4.90 Å². The van der Waals surface area contributed by atoms with Crippen LogP contribution in [0.15, 0.2) is 24.3 Å². The van der Waals surface area contributed by atoms with Gasteiger partial charge in [0.2, 0.25) is 17.7 Å². The molecule has 5 rings (SSSR count). The van der Waals surface area contributed by atoms with Crippen molar-refractivity contribution in [2.45, 2.75) is 102 Å². The molecule has 0 radical (unpaired) electrons. The van der Waals surface area contributed by atoms with Crippen molar-refractivity contribution in [3.05, 3.63) is 24.3 Å². The van der Waals surface area contributed by atoms with Crippen LogP contribution in [0.5, 0.6) is 0 Å². The van der Waals surface area contributed by atoms with Crippen LogP contribution < -0.4 is 5.32 Å². The first kappa shape index (κ1) is 28.8. The number of aliphatic hydroxyl groups excluding tert-OH is 1. The highest BCUT2D eigenvalue weighted by Gasteiger charge is 2.74. The molecule has 10 heteroatoms. The fourth-order valence-electron chi connectivity index (χ4n) is 7.29. The van der Waals surface area contributed by atoms with Crippen molar-refractivity contribution in [3.8, 4) is 0 Å². The fraction of sp³-hybridized carbons (Fsp3) is 0.733. The lowest BCUT2D eigenvalue weighted by Crippen LogP contribution is -2.61. The Bertz CT molecular complexity index is 1070. The Balaban J connectivity index is 1.59. The molecule has 2 saturated heterocycles. The van der Waals surface area contributed by atoms with Gasteiger partial charge in [-0.2, -0.15) is 0 Å². The number of nitrogens with zero attached hydrogens (tertiary/aromatic N) is 2. The highest BCUT2D eigenvalue weighted by atomic mass is 16.6. The number of rotatable bonds is 4. The van der Waals surface area contributed by atoms with Crippen LogP contribution in [0, 0.1) is 17.8 Å². The number of allylic oxidation sites excluding steroid dienone is 1. The maximum absolute atomic E-state index is 14.7. The zero-order valence-corrected chi connectivity index (χ0v) is 23.8. The number of nitrogens with one attached hydrogen (secondary N) is 1. The molecule has 1 aliphatic carbocycles. The van der Waals surface area contributed by atoms with Gasteiger partial charge in [0.05, 0.1) is 31.2 Å². The molecule has 5 bridgehead atoms. The number of carbonyl (C=O) groups excluding carboxylic acids is 4. The number of carbonyl (C=O) groups is 4. The minimum atomic E-state index is -1.31. The van der Waals surface area contributed by atoms with Crippen LogP contribution in [-0.2, 0) is 28.7 Å². The van der Waals surface area contributed by atoms with Gasteiger partial charge in [0, 0.05) is 19.0 Å². The Morgan fingerprint density at radius 2 is 1.85 bits per heavy atom. The quantitative estimate of drug-likeness (QED) is 0.398. The Labute approximate surface area is 236 Å². The number of esters is 1. The normalized spacial score (nSPS) is 37.1. The highest BCUT2D eigenvalue weighted by molar-refractivity contribution is 5.99. The monoisotopic (exact) mass is 557 g/mol. The summed E-state index contributed by atoms with van der Waals surface area (Å²) in [4.78, 5) is 58.3. The summed E-state index contributed by atoms with van der Waals surface area (Å²) in [5, 5.41) is 13.2. The van der Waals surface area contributed by atoms with E-state index < -0.39 is 47.7 Å². The summed E-state index contributed by atoms with van der Waals surface area (Å²) in [5.41, 5.74) is -1.31. The Kier molecular flexibility index (Phi) is 8.38. The van der Waals surface area contributed by atoms with Gasteiger partial charge in [-0.25, -0.2) is 0 Å². The summed E-state index contributed by atoms with van der Waals surface area (Å²) in [5.74, 6) is -3.28. The lowest BCUT2D eigenvalue weighted by atomic mass is 9.74. The molecule has 10 nitrogen and oxygen atoms in total. The number of cyclic esters (lactones) is 1. The number of ether oxygens (including phenoxy) is 2. The van der Waals surface area contributed by atoms with Gasteiger partial charge in [0.25, 0.3) is 0 Å². The topological polar surface area (TPSA) is 125 Å². The molecule has 3 fully saturated rings. The van der Waals surface area contributed by atoms with Crippen LogP contribution in [0.3, 0.4) is 0 Å². The molecule has 4 aliphatic heterocycles. The van der Waals surface area contributed by atoms with Gasteiger partial charge in [0.15, 0.2) is 0 Å². The minimum absolute atomic E-state index is 0.0134. The van der Waals surface area contributed by atoms with E-state index in [2.05, 4.69) is 5.32 Å². The van der Waals surface area contributed by atoms with Crippen molar-refractivity contribution in [2.75, 3.05) is 19.7 Å². The Morgan fingerprint density at radius 1 is 1.10 bits per heavy atom. The minimum Gasteiger partial charge on any atom is -0.460 e. The third-order valence-electron chi connectivity index (χ3n) is 9.34. The predicted octanol–water partition coefficient (Wildman–Crippen LogP) is 1.71. The Hall–Kier alpha value is -2.72. The molecule has 40 heavy (non-hydrogen) atoms. The van der Waals surface area contributed by atoms with Crippen LogP contribution in [0.4, 0.5) is 0 Å². The van der Waals surface area contributed by atoms with Gasteiger partial charge in [-0.05, 0) is 32.1 Å². The van der Waals surface area contributed by atoms with Crippen LogP contribution in [-0.4, -0.2) is 94.2 Å². The Morgan fingerprint density at radius 3 is 2.55 bits per heavy atom. The standard InChI is InChI=1S/C30H43N3O7/c1-18(2)21(17-34)33-26-28(37)32(20-10-6-4-7-11-20)15-9-5-8-12-23(35)31-16-19(3)39-29(38)24-22-13-14-30(26,40-22)25(24)27(33)36/h5,9,13-14,18-22,24-26,34H,4,6-8,10-12,15-17H2,1-3H3,(H,31,35)/b9-5-/t19-,21+,22+,24-,25-,26+,30-/m1/s1. The third-order valence-corrected chi connectivity index (χ3v) is 9.34. The lowest BCUT2D eigenvalue weighted by molar-refractivity contribution is -0.160. The number of hydrogen-bond donors (Lipinski definition) is 2. The van der Waals surface area contributed by atoms with Gasteiger partial charge in [-0.15, -0.1) is 0 Å². The van der Waals surface area contributed by atoms with Crippen molar-refractivity contribution in [1.82, 2.24) is 15.1 Å². The first-order valence-corrected chi connectivity index (χ1v) is 14.9. The molecule has 0 aromatic rings. The van der Waals surface area contributed by atoms with Crippen molar-refractivity contribution in [3.63, 3.8) is 0 Å². The molecular weight excluding hydrogens is 514 g/mol. The number of amides is 3. The molecule has 2 N–H and O–H groups in total. The zero-order chi connectivity index (χ0) is 28.6. The highest BCUT2D eigenvalue weighted by Crippen LogP contribution is 2.56. The summed E-state index contributed by atoms with van der Waals surface area (Å²) >= 11 is 0. The molecule has 220 valence electrons. The molecule has 1 saturated carbocycles. The summed E-state index contributed by atoms with van der Waals surface area (Å²) in [7, 11) is 0. The SMILES string of the molecule is CC(C)[C@H](CO)N1C(=O)[C@H]2[C@@H]3C(=O)O[C@H](C)CNC(=O)CC/C=C\CN(C4CCCCC4)C(=O)[C@H]1[C@@]21C=C[C@@H]3O1. The summed E-state index contributed by atoms with van der Waals surface area (Å²) in [6.07, 6.45) is 11.9. The lowest BCUT2D eigenvalue weighted by Gasteiger charge is -2.42. The van der Waals surface area contributed by atoms with Crippen LogP contribution >= 0.6 is 0 Å². The molecule has 7 atom stereocenters. The maximum Gasteiger partial charge on any atom is 0.313 e. The van der Waals surface area contributed by atoms with Gasteiger partial charge in [-0.1, -0.05) is 57.4 Å². The molecule has 5 aliphatic rings. The van der Waals surface area contributed by atoms with E-state index in [1.807, 2.05) is 30.9 Å². The number of aliphatic hydroxyl groups is 1. The van der Waals surface area contributed by atoms with Crippen molar-refractivity contribution in [1.29, 1.82) is 0 Å². The van der Waals surface area contributed by atoms with E-state index in [0.29, 0.717) is 19.4 Å².